The van der Waals surface area contributed by atoms with Crippen molar-refractivity contribution < 1.29 is 14.1 Å². The Morgan fingerprint density at radius 1 is 1.38 bits per heavy atom. The number of aryl methyl sites for hydroxylation is 1. The van der Waals surface area contributed by atoms with E-state index in [1.807, 2.05) is 18.2 Å². The van der Waals surface area contributed by atoms with Crippen molar-refractivity contribution in [2.24, 2.45) is 0 Å². The number of amides is 1. The SMILES string of the molecule is COC(=O)N1CC[C@@H](c2cc(=O)[nH]o2)C[C@@H]1CCc1ccccc1. The van der Waals surface area contributed by atoms with Gasteiger partial charge in [0.2, 0.25) is 0 Å². The van der Waals surface area contributed by atoms with E-state index in [0.29, 0.717) is 12.3 Å². The average molecular weight is 330 g/mol. The van der Waals surface area contributed by atoms with Gasteiger partial charge >= 0.3 is 6.09 Å². The van der Waals surface area contributed by atoms with Crippen molar-refractivity contribution in [2.75, 3.05) is 13.7 Å². The summed E-state index contributed by atoms with van der Waals surface area (Å²) >= 11 is 0. The number of likely N-dealkylation sites (tertiary alicyclic amines) is 1. The number of ether oxygens (including phenoxy) is 1. The second kappa shape index (κ2) is 7.38. The number of aromatic amines is 1. The highest BCUT2D eigenvalue weighted by Gasteiger charge is 2.34. The summed E-state index contributed by atoms with van der Waals surface area (Å²) < 4.78 is 10.2. The number of rotatable bonds is 4. The molecule has 0 spiro atoms. The molecule has 128 valence electrons. The minimum atomic E-state index is -0.290. The Balaban J connectivity index is 1.71. The molecule has 3 rings (SSSR count). The highest BCUT2D eigenvalue weighted by Crippen LogP contribution is 2.33. The molecule has 0 saturated carbocycles. The molecule has 1 aromatic heterocycles. The second-order valence-corrected chi connectivity index (χ2v) is 6.18. The number of piperidine rings is 1. The number of carbonyl (C=O) groups is 1. The van der Waals surface area contributed by atoms with Gasteiger partial charge in [-0.15, -0.1) is 0 Å². The highest BCUT2D eigenvalue weighted by molar-refractivity contribution is 5.68. The molecule has 2 atom stereocenters. The Labute approximate surface area is 140 Å². The molecule has 1 saturated heterocycles. The fraction of sp³-hybridized carbons (Fsp3) is 0.444. The lowest BCUT2D eigenvalue weighted by Crippen LogP contribution is -2.45. The molecule has 6 heteroatoms. The van der Waals surface area contributed by atoms with Gasteiger partial charge in [0.05, 0.1) is 7.11 Å². The second-order valence-electron chi connectivity index (χ2n) is 6.18. The molecule has 1 aliphatic rings. The summed E-state index contributed by atoms with van der Waals surface area (Å²) in [4.78, 5) is 25.2. The number of benzene rings is 1. The van der Waals surface area contributed by atoms with Crippen LogP contribution in [0.2, 0.25) is 0 Å². The number of methoxy groups -OCH3 is 1. The molecular weight excluding hydrogens is 308 g/mol. The number of nitrogens with one attached hydrogen (secondary N) is 1. The summed E-state index contributed by atoms with van der Waals surface area (Å²) in [5.41, 5.74) is 1.03. The van der Waals surface area contributed by atoms with Crippen LogP contribution in [0.1, 0.15) is 36.5 Å². The van der Waals surface area contributed by atoms with Gasteiger partial charge in [-0.2, -0.15) is 5.16 Å². The van der Waals surface area contributed by atoms with E-state index in [4.69, 9.17) is 9.26 Å². The van der Waals surface area contributed by atoms with E-state index >= 15 is 0 Å². The molecule has 24 heavy (non-hydrogen) atoms. The molecule has 1 aliphatic heterocycles. The molecule has 2 aromatic rings. The Bertz CT molecular complexity index is 722. The van der Waals surface area contributed by atoms with E-state index in [1.165, 1.54) is 18.7 Å². The van der Waals surface area contributed by atoms with E-state index in [0.717, 1.165) is 25.7 Å². The van der Waals surface area contributed by atoms with Gasteiger partial charge < -0.3 is 14.2 Å². The van der Waals surface area contributed by atoms with Crippen molar-refractivity contribution in [3.63, 3.8) is 0 Å². The molecule has 0 bridgehead atoms. The lowest BCUT2D eigenvalue weighted by atomic mass is 9.86. The number of hydrogen-bond acceptors (Lipinski definition) is 4. The molecule has 6 nitrogen and oxygen atoms in total. The van der Waals surface area contributed by atoms with Crippen molar-refractivity contribution in [3.8, 4) is 0 Å². The first-order chi connectivity index (χ1) is 11.7. The number of nitrogens with zero attached hydrogens (tertiary/aromatic N) is 1. The Morgan fingerprint density at radius 2 is 2.17 bits per heavy atom. The smallest absolute Gasteiger partial charge is 0.409 e. The zero-order chi connectivity index (χ0) is 16.9. The predicted octanol–water partition coefficient (Wildman–Crippen LogP) is 2.92. The van der Waals surface area contributed by atoms with Gasteiger partial charge in [0.15, 0.2) is 0 Å². The maximum Gasteiger partial charge on any atom is 0.409 e. The summed E-state index contributed by atoms with van der Waals surface area (Å²) in [5, 5.41) is 2.35. The van der Waals surface area contributed by atoms with Crippen molar-refractivity contribution >= 4 is 6.09 Å². The van der Waals surface area contributed by atoms with E-state index in [9.17, 15) is 9.59 Å². The zero-order valence-electron chi connectivity index (χ0n) is 13.7. The van der Waals surface area contributed by atoms with Crippen molar-refractivity contribution in [1.82, 2.24) is 10.1 Å². The lowest BCUT2D eigenvalue weighted by molar-refractivity contribution is 0.0789. The summed E-state index contributed by atoms with van der Waals surface area (Å²) in [6.07, 6.45) is 2.98. The Morgan fingerprint density at radius 3 is 2.83 bits per heavy atom. The van der Waals surface area contributed by atoms with Crippen LogP contribution in [-0.2, 0) is 11.2 Å². The first kappa shape index (κ1) is 16.4. The maximum atomic E-state index is 12.1. The van der Waals surface area contributed by atoms with Crippen molar-refractivity contribution in [3.05, 3.63) is 58.1 Å². The molecule has 1 amide bonds. The molecule has 1 aromatic carbocycles. The van der Waals surface area contributed by atoms with Gasteiger partial charge in [-0.3, -0.25) is 4.79 Å². The minimum Gasteiger partial charge on any atom is -0.453 e. The van der Waals surface area contributed by atoms with Crippen LogP contribution in [0, 0.1) is 0 Å². The van der Waals surface area contributed by atoms with Gasteiger partial charge in [-0.25, -0.2) is 4.79 Å². The van der Waals surface area contributed by atoms with Crippen LogP contribution in [0.4, 0.5) is 4.79 Å². The Kier molecular flexibility index (Phi) is 5.03. The summed E-state index contributed by atoms with van der Waals surface area (Å²) in [6, 6.07) is 11.8. The monoisotopic (exact) mass is 330 g/mol. The molecule has 0 unspecified atom stereocenters. The normalized spacial score (nSPS) is 20.8. The largest absolute Gasteiger partial charge is 0.453 e. The summed E-state index contributed by atoms with van der Waals surface area (Å²) in [6.45, 7) is 0.603. The fourth-order valence-electron chi connectivity index (χ4n) is 3.42. The van der Waals surface area contributed by atoms with Crippen LogP contribution in [0.15, 0.2) is 45.7 Å². The van der Waals surface area contributed by atoms with Crippen LogP contribution in [0.5, 0.6) is 0 Å². The number of H-pyrrole nitrogens is 1. The highest BCUT2D eigenvalue weighted by atomic mass is 16.5. The van der Waals surface area contributed by atoms with Crippen LogP contribution in [0.3, 0.4) is 0 Å². The topological polar surface area (TPSA) is 75.5 Å². The fourth-order valence-corrected chi connectivity index (χ4v) is 3.42. The predicted molar refractivity (Wildman–Crippen MR) is 89.0 cm³/mol. The van der Waals surface area contributed by atoms with Crippen molar-refractivity contribution in [1.29, 1.82) is 0 Å². The van der Waals surface area contributed by atoms with E-state index < -0.39 is 0 Å². The number of hydrogen-bond donors (Lipinski definition) is 1. The first-order valence-electron chi connectivity index (χ1n) is 8.24. The minimum absolute atomic E-state index is 0.0663. The molecule has 1 N–H and O–H groups in total. The third kappa shape index (κ3) is 3.69. The van der Waals surface area contributed by atoms with Gasteiger partial charge in [-0.05, 0) is 31.2 Å². The van der Waals surface area contributed by atoms with Gasteiger partial charge in [0.1, 0.15) is 5.76 Å². The van der Waals surface area contributed by atoms with E-state index in [1.54, 1.807) is 4.90 Å². The summed E-state index contributed by atoms with van der Waals surface area (Å²) in [7, 11) is 1.41. The van der Waals surface area contributed by atoms with E-state index in [-0.39, 0.29) is 23.6 Å². The van der Waals surface area contributed by atoms with Crippen LogP contribution >= 0.6 is 0 Å². The number of carbonyl (C=O) groups excluding carboxylic acids is 1. The quantitative estimate of drug-likeness (QED) is 0.935. The van der Waals surface area contributed by atoms with Gasteiger partial charge in [0, 0.05) is 24.6 Å². The molecule has 2 heterocycles. The number of aromatic nitrogens is 1. The molecule has 0 aliphatic carbocycles. The van der Waals surface area contributed by atoms with Crippen LogP contribution in [0.25, 0.3) is 0 Å². The molecule has 0 radical (unpaired) electrons. The third-order valence-corrected chi connectivity index (χ3v) is 4.68. The zero-order valence-corrected chi connectivity index (χ0v) is 13.7. The molecular formula is C18H22N2O4. The Hall–Kier alpha value is -2.50. The van der Waals surface area contributed by atoms with Crippen LogP contribution in [-0.4, -0.2) is 35.8 Å². The van der Waals surface area contributed by atoms with Gasteiger partial charge in [0.25, 0.3) is 5.56 Å². The summed E-state index contributed by atoms with van der Waals surface area (Å²) in [5.74, 6) is 0.819. The van der Waals surface area contributed by atoms with Crippen LogP contribution < -0.4 is 5.56 Å². The first-order valence-corrected chi connectivity index (χ1v) is 8.24. The maximum absolute atomic E-state index is 12.1. The van der Waals surface area contributed by atoms with E-state index in [2.05, 4.69) is 17.3 Å². The van der Waals surface area contributed by atoms with Crippen molar-refractivity contribution in [2.45, 2.75) is 37.6 Å². The van der Waals surface area contributed by atoms with Gasteiger partial charge in [-0.1, -0.05) is 30.3 Å². The lowest BCUT2D eigenvalue weighted by Gasteiger charge is -2.38. The average Bonchev–Trinajstić information content (AvgIpc) is 3.06. The standard InChI is InChI=1S/C18H22N2O4/c1-23-18(22)20-10-9-14(16-12-17(21)19-24-16)11-15(20)8-7-13-5-3-2-4-6-13/h2-6,12,14-15H,7-11H2,1H3,(H,19,21)/t14-,15+/m1/s1. The molecule has 1 fully saturated rings. The third-order valence-electron chi connectivity index (χ3n) is 4.68.